The van der Waals surface area contributed by atoms with Crippen LogP contribution < -0.4 is 5.46 Å². The summed E-state index contributed by atoms with van der Waals surface area (Å²) in [6.07, 6.45) is 0. The van der Waals surface area contributed by atoms with E-state index in [2.05, 4.69) is 179 Å². The molecule has 2 nitrogen and oxygen atoms in total. The minimum Gasteiger partial charge on any atom is -0.399 e. The molecule has 0 bridgehead atoms. The lowest BCUT2D eigenvalue weighted by Gasteiger charge is -2.39. The molecule has 1 saturated heterocycles. The molecule has 7 aromatic carbocycles. The summed E-state index contributed by atoms with van der Waals surface area (Å²) in [5, 5.41) is 5.05. The highest BCUT2D eigenvalue weighted by molar-refractivity contribution is 8.34. The second-order valence-corrected chi connectivity index (χ2v) is 17.1. The molecule has 0 N–H and O–H groups in total. The maximum atomic E-state index is 6.36. The van der Waals surface area contributed by atoms with Crippen molar-refractivity contribution in [1.29, 1.82) is 0 Å². The molecule has 2 aliphatic rings. The van der Waals surface area contributed by atoms with Gasteiger partial charge in [0.15, 0.2) is 0 Å². The van der Waals surface area contributed by atoms with E-state index in [9.17, 15) is 0 Å². The summed E-state index contributed by atoms with van der Waals surface area (Å²) in [6, 6.07) is 56.6. The Hall–Kier alpha value is -4.61. The zero-order valence-electron chi connectivity index (χ0n) is 27.7. The minimum absolute atomic E-state index is 0.372. The molecule has 2 aliphatic heterocycles. The molecule has 0 amide bonds. The topological polar surface area (TPSA) is 18.5 Å². The normalized spacial score (nSPS) is 17.7. The molecule has 0 spiro atoms. The lowest BCUT2D eigenvalue weighted by Crippen LogP contribution is -2.41. The number of hydrogen-bond acceptors (Lipinski definition) is 2. The predicted molar refractivity (Wildman–Crippen MR) is 202 cm³/mol. The zero-order valence-corrected chi connectivity index (χ0v) is 28.6. The maximum absolute atomic E-state index is 6.36. The summed E-state index contributed by atoms with van der Waals surface area (Å²) in [5.74, 6) is 0. The summed E-state index contributed by atoms with van der Waals surface area (Å²) in [7, 11) is -2.22. The van der Waals surface area contributed by atoms with Crippen molar-refractivity contribution in [2.24, 2.45) is 0 Å². The Balaban J connectivity index is 1.25. The first-order valence-electron chi connectivity index (χ1n) is 16.8. The first kappa shape index (κ1) is 29.5. The molecular weight excluding hydrogens is 603 g/mol. The van der Waals surface area contributed by atoms with Crippen LogP contribution in [0.4, 0.5) is 0 Å². The van der Waals surface area contributed by atoms with Crippen molar-refractivity contribution in [1.82, 2.24) is 0 Å². The van der Waals surface area contributed by atoms with Crippen molar-refractivity contribution < 1.29 is 9.31 Å². The fourth-order valence-electron chi connectivity index (χ4n) is 7.42. The fourth-order valence-corrected chi connectivity index (χ4v) is 11.7. The van der Waals surface area contributed by atoms with Gasteiger partial charge in [0.2, 0.25) is 0 Å². The summed E-state index contributed by atoms with van der Waals surface area (Å²) < 4.78 is 12.7. The van der Waals surface area contributed by atoms with Crippen LogP contribution in [0.5, 0.6) is 0 Å². The SMILES string of the molecule is CC1(C)OB(c2ccc(-c3ccc4c(c3)S(c3ccc5ccccc5c3)(c3ccc5ccccc5c3)c3ccccc3-4)cc2)OC1(C)C. The molecule has 0 saturated carbocycles. The van der Waals surface area contributed by atoms with Crippen LogP contribution in [-0.2, 0) is 9.31 Å². The van der Waals surface area contributed by atoms with Crippen LogP contribution in [0.15, 0.2) is 171 Å². The van der Waals surface area contributed by atoms with E-state index in [4.69, 9.17) is 9.31 Å². The average molecular weight is 641 g/mol. The molecule has 0 aromatic heterocycles. The first-order valence-corrected chi connectivity index (χ1v) is 18.4. The standard InChI is InChI=1S/C44H37BO2S/c1-43(2)44(3,4)47-45(46-43)36-22-17-32(18-23-36)35-21-26-40-39-15-9-10-16-41(39)48(42(40)29-35,37-24-19-30-11-5-7-13-33(30)27-37)38-25-20-31-12-6-8-14-34(31)28-38/h5-29H,1-4H3. The van der Waals surface area contributed by atoms with Gasteiger partial charge in [-0.2, -0.15) is 0 Å². The third-order valence-corrected chi connectivity index (χ3v) is 14.7. The van der Waals surface area contributed by atoms with Crippen molar-refractivity contribution in [3.63, 3.8) is 0 Å². The van der Waals surface area contributed by atoms with Gasteiger partial charge in [0.25, 0.3) is 0 Å². The maximum Gasteiger partial charge on any atom is 0.494 e. The van der Waals surface area contributed by atoms with Crippen LogP contribution in [0.25, 0.3) is 43.8 Å². The van der Waals surface area contributed by atoms with E-state index in [0.717, 1.165) is 5.46 Å². The van der Waals surface area contributed by atoms with Gasteiger partial charge in [-0.25, -0.2) is 0 Å². The second-order valence-electron chi connectivity index (χ2n) is 14.0. The van der Waals surface area contributed by atoms with E-state index in [1.807, 2.05) is 0 Å². The Morgan fingerprint density at radius 2 is 0.938 bits per heavy atom. The van der Waals surface area contributed by atoms with E-state index >= 15 is 0 Å². The van der Waals surface area contributed by atoms with Crippen molar-refractivity contribution in [2.75, 3.05) is 0 Å². The molecule has 1 fully saturated rings. The monoisotopic (exact) mass is 640 g/mol. The lowest BCUT2D eigenvalue weighted by atomic mass is 9.78. The minimum atomic E-state index is -1.84. The van der Waals surface area contributed by atoms with Gasteiger partial charge in [-0.1, -0.05) is 115 Å². The Morgan fingerprint density at radius 3 is 1.54 bits per heavy atom. The number of benzene rings is 7. The molecule has 4 heteroatoms. The Kier molecular flexibility index (Phi) is 6.58. The van der Waals surface area contributed by atoms with Gasteiger partial charge in [-0.05, 0) is 113 Å². The van der Waals surface area contributed by atoms with E-state index in [1.165, 1.54) is 63.4 Å². The largest absolute Gasteiger partial charge is 0.494 e. The molecule has 0 aliphatic carbocycles. The molecule has 48 heavy (non-hydrogen) atoms. The highest BCUT2D eigenvalue weighted by Crippen LogP contribution is 2.80. The summed E-state index contributed by atoms with van der Waals surface area (Å²) >= 11 is 0. The second kappa shape index (κ2) is 10.7. The molecule has 0 unspecified atom stereocenters. The molecule has 2 heterocycles. The summed E-state index contributed by atoms with van der Waals surface area (Å²) in [5.41, 5.74) is 5.33. The third-order valence-electron chi connectivity index (χ3n) is 10.7. The van der Waals surface area contributed by atoms with Crippen LogP contribution in [0, 0.1) is 0 Å². The quantitative estimate of drug-likeness (QED) is 0.178. The van der Waals surface area contributed by atoms with Gasteiger partial charge in [-0.3, -0.25) is 0 Å². The Morgan fingerprint density at radius 1 is 0.438 bits per heavy atom. The van der Waals surface area contributed by atoms with Crippen LogP contribution >= 0.6 is 10.0 Å². The van der Waals surface area contributed by atoms with E-state index in [-0.39, 0.29) is 18.3 Å². The third kappa shape index (κ3) is 4.37. The van der Waals surface area contributed by atoms with Crippen LogP contribution in [0.2, 0.25) is 0 Å². The van der Waals surface area contributed by atoms with E-state index in [0.29, 0.717) is 0 Å². The highest BCUT2D eigenvalue weighted by Gasteiger charge is 2.51. The summed E-state index contributed by atoms with van der Waals surface area (Å²) in [4.78, 5) is 5.51. The Bertz CT molecular complexity index is 2280. The highest BCUT2D eigenvalue weighted by atomic mass is 32.3. The van der Waals surface area contributed by atoms with Crippen LogP contribution in [-0.4, -0.2) is 18.3 Å². The van der Waals surface area contributed by atoms with Crippen molar-refractivity contribution in [3.8, 4) is 22.3 Å². The van der Waals surface area contributed by atoms with Gasteiger partial charge in [0.05, 0.1) is 11.2 Å². The van der Waals surface area contributed by atoms with Gasteiger partial charge < -0.3 is 9.31 Å². The zero-order chi connectivity index (χ0) is 32.7. The number of rotatable bonds is 4. The fraction of sp³-hybridized carbons (Fsp3) is 0.136. The number of hydrogen-bond donors (Lipinski definition) is 0. The lowest BCUT2D eigenvalue weighted by molar-refractivity contribution is 0.00578. The van der Waals surface area contributed by atoms with Gasteiger partial charge in [0, 0.05) is 19.6 Å². The van der Waals surface area contributed by atoms with Gasteiger partial charge >= 0.3 is 7.12 Å². The van der Waals surface area contributed by atoms with E-state index < -0.39 is 10.0 Å². The first-order chi connectivity index (χ1) is 23.2. The molecule has 9 rings (SSSR count). The molecule has 0 atom stereocenters. The van der Waals surface area contributed by atoms with E-state index in [1.54, 1.807) is 0 Å². The Labute approximate surface area is 284 Å². The number of fused-ring (bicyclic) bond motifs is 5. The molecule has 7 aromatic rings. The van der Waals surface area contributed by atoms with Crippen LogP contribution in [0.1, 0.15) is 27.7 Å². The van der Waals surface area contributed by atoms with Crippen LogP contribution in [0.3, 0.4) is 0 Å². The van der Waals surface area contributed by atoms with Gasteiger partial charge in [0.1, 0.15) is 0 Å². The van der Waals surface area contributed by atoms with Crippen molar-refractivity contribution in [2.45, 2.75) is 58.5 Å². The average Bonchev–Trinajstić information content (AvgIpc) is 3.53. The van der Waals surface area contributed by atoms with Gasteiger partial charge in [-0.15, -0.1) is 10.0 Å². The smallest absolute Gasteiger partial charge is 0.399 e. The van der Waals surface area contributed by atoms with Crippen molar-refractivity contribution in [3.05, 3.63) is 152 Å². The molecular formula is C44H37BO2S. The molecule has 0 radical (unpaired) electrons. The van der Waals surface area contributed by atoms with Crippen molar-refractivity contribution >= 4 is 44.2 Å². The molecule has 234 valence electrons. The predicted octanol–water partition coefficient (Wildman–Crippen LogP) is 11.3. The summed E-state index contributed by atoms with van der Waals surface area (Å²) in [6.45, 7) is 8.40.